The first-order chi connectivity index (χ1) is 6.65. The Morgan fingerprint density at radius 2 is 2.21 bits per heavy atom. The summed E-state index contributed by atoms with van der Waals surface area (Å²) in [6, 6.07) is 4.31. The van der Waals surface area contributed by atoms with Crippen LogP contribution in [0.1, 0.15) is 5.56 Å². The Morgan fingerprint density at radius 3 is 2.79 bits per heavy atom. The van der Waals surface area contributed by atoms with Crippen LogP contribution in [-0.4, -0.2) is 12.2 Å². The molecular formula is C8H8ClFN4. The zero-order valence-corrected chi connectivity index (χ0v) is 7.87. The molecule has 0 fully saturated rings. The highest BCUT2D eigenvalue weighted by atomic mass is 35.5. The van der Waals surface area contributed by atoms with E-state index in [4.69, 9.17) is 23.2 Å². The molecule has 4 nitrogen and oxygen atoms in total. The summed E-state index contributed by atoms with van der Waals surface area (Å²) in [6.45, 7) is 0. The van der Waals surface area contributed by atoms with Gasteiger partial charge < -0.3 is 11.6 Å². The van der Waals surface area contributed by atoms with Crippen molar-refractivity contribution in [3.8, 4) is 0 Å². The Morgan fingerprint density at radius 1 is 1.50 bits per heavy atom. The number of aliphatic imine (C=N–C) groups is 1. The van der Waals surface area contributed by atoms with Crippen LogP contribution in [0.4, 0.5) is 4.39 Å². The first-order valence-electron chi connectivity index (χ1n) is 3.66. The molecule has 0 amide bonds. The van der Waals surface area contributed by atoms with E-state index < -0.39 is 5.82 Å². The molecule has 0 aromatic heterocycles. The number of benzene rings is 1. The number of halogens is 2. The van der Waals surface area contributed by atoms with Crippen LogP contribution in [0.15, 0.2) is 28.3 Å². The molecule has 1 aromatic rings. The number of hydrogen-bond donors (Lipinski definition) is 2. The van der Waals surface area contributed by atoms with E-state index in [9.17, 15) is 4.39 Å². The molecule has 0 heterocycles. The standard InChI is InChI=1S/C8H8ClFN4/c9-6-2-1-3-7(10)5(6)4-13-8(11)14-12/h1-4H,12H2,(H2,11,14). The smallest absolute Gasteiger partial charge is 0.236 e. The van der Waals surface area contributed by atoms with E-state index >= 15 is 0 Å². The SMILES string of the molecule is NN=C(N)N=Cc1c(F)cccc1Cl. The molecule has 0 saturated heterocycles. The predicted octanol–water partition coefficient (Wildman–Crippen LogP) is 1.09. The van der Waals surface area contributed by atoms with Crippen molar-refractivity contribution in [1.29, 1.82) is 0 Å². The Kier molecular flexibility index (Phi) is 3.41. The fourth-order valence-electron chi connectivity index (χ4n) is 0.798. The van der Waals surface area contributed by atoms with Crippen molar-refractivity contribution < 1.29 is 4.39 Å². The maximum absolute atomic E-state index is 13.1. The number of guanidine groups is 1. The molecule has 1 rings (SSSR count). The summed E-state index contributed by atoms with van der Waals surface area (Å²) in [4.78, 5) is 3.59. The summed E-state index contributed by atoms with van der Waals surface area (Å²) < 4.78 is 13.1. The second-order valence-electron chi connectivity index (χ2n) is 2.38. The van der Waals surface area contributed by atoms with Gasteiger partial charge >= 0.3 is 0 Å². The molecular weight excluding hydrogens is 207 g/mol. The van der Waals surface area contributed by atoms with E-state index in [-0.39, 0.29) is 16.5 Å². The average Bonchev–Trinajstić information content (AvgIpc) is 2.16. The van der Waals surface area contributed by atoms with E-state index in [1.165, 1.54) is 18.3 Å². The molecule has 0 radical (unpaired) electrons. The molecule has 0 saturated carbocycles. The van der Waals surface area contributed by atoms with Gasteiger partial charge in [-0.05, 0) is 12.1 Å². The third-order valence-electron chi connectivity index (χ3n) is 1.46. The Balaban J connectivity index is 3.02. The van der Waals surface area contributed by atoms with Gasteiger partial charge in [0, 0.05) is 11.8 Å². The molecule has 74 valence electrons. The molecule has 0 aliphatic carbocycles. The maximum Gasteiger partial charge on any atom is 0.236 e. The number of nitrogens with two attached hydrogens (primary N) is 2. The van der Waals surface area contributed by atoms with Gasteiger partial charge in [0.25, 0.3) is 0 Å². The van der Waals surface area contributed by atoms with Crippen LogP contribution < -0.4 is 11.6 Å². The predicted molar refractivity (Wildman–Crippen MR) is 54.8 cm³/mol. The topological polar surface area (TPSA) is 76.8 Å². The second-order valence-corrected chi connectivity index (χ2v) is 2.79. The van der Waals surface area contributed by atoms with Crippen molar-refractivity contribution in [3.05, 3.63) is 34.6 Å². The van der Waals surface area contributed by atoms with E-state index in [1.54, 1.807) is 6.07 Å². The third-order valence-corrected chi connectivity index (χ3v) is 1.79. The van der Waals surface area contributed by atoms with Crippen molar-refractivity contribution in [2.24, 2.45) is 21.7 Å². The number of nitrogens with zero attached hydrogens (tertiary/aromatic N) is 2. The van der Waals surface area contributed by atoms with Gasteiger partial charge in [0.1, 0.15) is 5.82 Å². The van der Waals surface area contributed by atoms with Gasteiger partial charge in [-0.1, -0.05) is 17.7 Å². The summed E-state index contributed by atoms with van der Waals surface area (Å²) in [5, 5.41) is 3.34. The largest absolute Gasteiger partial charge is 0.367 e. The number of hydrazone groups is 1. The van der Waals surface area contributed by atoms with Crippen molar-refractivity contribution in [1.82, 2.24) is 0 Å². The van der Waals surface area contributed by atoms with Crippen molar-refractivity contribution in [2.75, 3.05) is 0 Å². The van der Waals surface area contributed by atoms with Crippen LogP contribution >= 0.6 is 11.6 Å². The normalized spacial score (nSPS) is 12.3. The highest BCUT2D eigenvalue weighted by Gasteiger charge is 2.03. The minimum absolute atomic E-state index is 0.149. The summed E-state index contributed by atoms with van der Waals surface area (Å²) in [7, 11) is 0. The van der Waals surface area contributed by atoms with Crippen LogP contribution in [0.2, 0.25) is 5.02 Å². The summed E-state index contributed by atoms with van der Waals surface area (Å²) in [6.07, 6.45) is 1.17. The molecule has 0 spiro atoms. The van der Waals surface area contributed by atoms with Crippen LogP contribution in [0.25, 0.3) is 0 Å². The Hall–Kier alpha value is -1.62. The molecule has 0 aliphatic rings. The molecule has 1 aromatic carbocycles. The van der Waals surface area contributed by atoms with E-state index in [0.717, 1.165) is 0 Å². The molecule has 0 aliphatic heterocycles. The fourth-order valence-corrected chi connectivity index (χ4v) is 1.01. The second kappa shape index (κ2) is 4.57. The Bertz CT molecular complexity index is 369. The summed E-state index contributed by atoms with van der Waals surface area (Å²) >= 11 is 5.71. The zero-order valence-electron chi connectivity index (χ0n) is 7.11. The summed E-state index contributed by atoms with van der Waals surface area (Å²) in [5.41, 5.74) is 5.34. The minimum Gasteiger partial charge on any atom is -0.367 e. The van der Waals surface area contributed by atoms with Crippen LogP contribution in [0.5, 0.6) is 0 Å². The highest BCUT2D eigenvalue weighted by molar-refractivity contribution is 6.33. The van der Waals surface area contributed by atoms with Crippen molar-refractivity contribution in [3.63, 3.8) is 0 Å². The van der Waals surface area contributed by atoms with Gasteiger partial charge in [0.15, 0.2) is 0 Å². The zero-order chi connectivity index (χ0) is 10.6. The fraction of sp³-hybridized carbons (Fsp3) is 0. The lowest BCUT2D eigenvalue weighted by atomic mass is 10.2. The van der Waals surface area contributed by atoms with Gasteiger partial charge in [-0.15, -0.1) is 5.10 Å². The molecule has 0 atom stereocenters. The Labute approximate surface area is 85.1 Å². The number of rotatable bonds is 1. The van der Waals surface area contributed by atoms with E-state index in [2.05, 4.69) is 10.1 Å². The van der Waals surface area contributed by atoms with Gasteiger partial charge in [0.05, 0.1) is 5.02 Å². The molecule has 6 heteroatoms. The van der Waals surface area contributed by atoms with Gasteiger partial charge in [-0.3, -0.25) is 0 Å². The first-order valence-corrected chi connectivity index (χ1v) is 4.04. The molecule has 0 unspecified atom stereocenters. The van der Waals surface area contributed by atoms with Gasteiger partial charge in [-0.25, -0.2) is 9.38 Å². The number of hydrogen-bond acceptors (Lipinski definition) is 2. The van der Waals surface area contributed by atoms with Crippen LogP contribution in [-0.2, 0) is 0 Å². The molecule has 14 heavy (non-hydrogen) atoms. The third kappa shape index (κ3) is 2.43. The van der Waals surface area contributed by atoms with Crippen LogP contribution in [0, 0.1) is 5.82 Å². The van der Waals surface area contributed by atoms with E-state index in [1.807, 2.05) is 0 Å². The molecule has 0 bridgehead atoms. The summed E-state index contributed by atoms with van der Waals surface area (Å²) in [5.74, 6) is 4.21. The van der Waals surface area contributed by atoms with Gasteiger partial charge in [0.2, 0.25) is 5.96 Å². The first kappa shape index (κ1) is 10.5. The quantitative estimate of drug-likeness (QED) is 0.318. The lowest BCUT2D eigenvalue weighted by Crippen LogP contribution is -2.11. The minimum atomic E-state index is -0.480. The van der Waals surface area contributed by atoms with Crippen molar-refractivity contribution >= 4 is 23.8 Å². The highest BCUT2D eigenvalue weighted by Crippen LogP contribution is 2.16. The maximum atomic E-state index is 13.1. The lowest BCUT2D eigenvalue weighted by Gasteiger charge is -1.98. The van der Waals surface area contributed by atoms with Crippen molar-refractivity contribution in [2.45, 2.75) is 0 Å². The lowest BCUT2D eigenvalue weighted by molar-refractivity contribution is 0.626. The monoisotopic (exact) mass is 214 g/mol. The van der Waals surface area contributed by atoms with E-state index in [0.29, 0.717) is 0 Å². The van der Waals surface area contributed by atoms with Crippen LogP contribution in [0.3, 0.4) is 0 Å². The molecule has 4 N–H and O–H groups in total. The average molecular weight is 215 g/mol. The van der Waals surface area contributed by atoms with Gasteiger partial charge in [-0.2, -0.15) is 0 Å².